The molecule has 0 radical (unpaired) electrons. The second-order valence-corrected chi connectivity index (χ2v) is 15.6. The Morgan fingerprint density at radius 2 is 0.897 bits per heavy atom. The Balaban J connectivity index is 0.00000140. The van der Waals surface area contributed by atoms with E-state index in [0.29, 0.717) is 11.1 Å². The molecule has 2 aliphatic rings. The Morgan fingerprint density at radius 3 is 1.26 bits per heavy atom. The summed E-state index contributed by atoms with van der Waals surface area (Å²) in [6, 6.07) is 38.4. The second kappa shape index (κ2) is 13.8. The first kappa shape index (κ1) is 31.8. The average Bonchev–Trinajstić information content (AvgIpc) is 3.45. The summed E-state index contributed by atoms with van der Waals surface area (Å²) < 4.78 is 0. The smallest absolute Gasteiger partial charge is 0.0761 e. The molecular formula is C35H38Cl2SiZr. The van der Waals surface area contributed by atoms with Gasteiger partial charge < -0.3 is 0 Å². The number of allylic oxidation sites excluding steroid dienone is 1. The minimum Gasteiger partial charge on any atom is -0.147 e. The topological polar surface area (TPSA) is 0 Å². The fourth-order valence-electron chi connectivity index (χ4n) is 7.34. The Hall–Kier alpha value is -1.70. The molecule has 2 aliphatic carbocycles. The van der Waals surface area contributed by atoms with Gasteiger partial charge in [-0.1, -0.05) is 135 Å². The first-order valence-electron chi connectivity index (χ1n) is 13.7. The first-order chi connectivity index (χ1) is 17.7. The van der Waals surface area contributed by atoms with Crippen LogP contribution in [0.4, 0.5) is 0 Å². The summed E-state index contributed by atoms with van der Waals surface area (Å²) >= 11 is 0. The molecule has 4 aromatic carbocycles. The van der Waals surface area contributed by atoms with Crippen LogP contribution in [0.5, 0.6) is 0 Å². The van der Waals surface area contributed by atoms with Crippen molar-refractivity contribution < 1.29 is 26.2 Å². The van der Waals surface area contributed by atoms with Gasteiger partial charge in [-0.05, 0) is 57.3 Å². The van der Waals surface area contributed by atoms with Crippen LogP contribution in [-0.2, 0) is 26.2 Å². The van der Waals surface area contributed by atoms with Crippen molar-refractivity contribution in [3.05, 3.63) is 132 Å². The van der Waals surface area contributed by atoms with E-state index in [1.807, 2.05) is 0 Å². The Labute approximate surface area is 267 Å². The second-order valence-electron chi connectivity index (χ2n) is 11.0. The van der Waals surface area contributed by atoms with Crippen LogP contribution in [0.3, 0.4) is 0 Å². The van der Waals surface area contributed by atoms with Crippen LogP contribution in [0.1, 0.15) is 65.4 Å². The molecule has 0 nitrogen and oxygen atoms in total. The monoisotopic (exact) mass is 646 g/mol. The number of benzene rings is 4. The van der Waals surface area contributed by atoms with Gasteiger partial charge >= 0.3 is 0 Å². The van der Waals surface area contributed by atoms with Gasteiger partial charge in [0.1, 0.15) is 0 Å². The van der Waals surface area contributed by atoms with Crippen molar-refractivity contribution in [3.63, 3.8) is 0 Å². The number of halogens is 2. The summed E-state index contributed by atoms with van der Waals surface area (Å²) in [7, 11) is -1.98. The van der Waals surface area contributed by atoms with E-state index < -0.39 is 8.07 Å². The Morgan fingerprint density at radius 1 is 0.564 bits per heavy atom. The van der Waals surface area contributed by atoms with Gasteiger partial charge in [-0.25, -0.2) is 0 Å². The number of hydrogen-bond donors (Lipinski definition) is 0. The van der Waals surface area contributed by atoms with Crippen LogP contribution in [0.2, 0.25) is 12.6 Å². The molecule has 4 heteroatoms. The predicted octanol–water partition coefficient (Wildman–Crippen LogP) is 10.7. The molecule has 39 heavy (non-hydrogen) atoms. The van der Waals surface area contributed by atoms with Crippen LogP contribution < -0.4 is 0 Å². The van der Waals surface area contributed by atoms with E-state index in [9.17, 15) is 0 Å². The molecule has 0 unspecified atom stereocenters. The van der Waals surface area contributed by atoms with Gasteiger partial charge in [-0.2, -0.15) is 0 Å². The standard InChI is InChI=1S/C35H36Si.2ClH.Zr/c1-3-4-5-6-7-16-25-36(2,34-30-21-12-8-17-26(30)27-18-9-13-22-31(27)34)35-32-23-14-10-19-28(32)29-20-11-15-24-33(29)35;;;/h3,8-15,17-24,34-35H,1,4-7,16,25H2,2H3;2*1H;. The summed E-state index contributed by atoms with van der Waals surface area (Å²) in [5.41, 5.74) is 13.2. The van der Waals surface area contributed by atoms with Gasteiger partial charge in [-0.15, -0.1) is 31.4 Å². The van der Waals surface area contributed by atoms with Crippen LogP contribution in [0, 0.1) is 0 Å². The molecule has 0 amide bonds. The number of fused-ring (bicyclic) bond motifs is 6. The molecule has 0 fully saturated rings. The van der Waals surface area contributed by atoms with Gasteiger partial charge in [0.15, 0.2) is 0 Å². The maximum Gasteiger partial charge on any atom is 0.0761 e. The maximum atomic E-state index is 3.91. The number of hydrogen-bond acceptors (Lipinski definition) is 0. The Bertz CT molecular complexity index is 1230. The zero-order valence-corrected chi connectivity index (χ0v) is 27.8. The zero-order valence-electron chi connectivity index (χ0n) is 22.7. The fraction of sp³-hybridized carbons (Fsp3) is 0.257. The molecule has 6 rings (SSSR count). The third-order valence-corrected chi connectivity index (χ3v) is 14.2. The van der Waals surface area contributed by atoms with Crippen molar-refractivity contribution in [2.24, 2.45) is 0 Å². The molecule has 0 bridgehead atoms. The quantitative estimate of drug-likeness (QED) is 0.0963. The summed E-state index contributed by atoms with van der Waals surface area (Å²) in [5, 5.41) is 0. The van der Waals surface area contributed by atoms with E-state index in [-0.39, 0.29) is 51.0 Å². The third kappa shape index (κ3) is 5.60. The Kier molecular flexibility index (Phi) is 11.2. The summed E-state index contributed by atoms with van der Waals surface area (Å²) in [5.74, 6) is 0. The van der Waals surface area contributed by atoms with Gasteiger partial charge in [0.05, 0.1) is 8.07 Å². The molecule has 0 saturated carbocycles. The van der Waals surface area contributed by atoms with Crippen molar-refractivity contribution in [2.45, 2.75) is 55.8 Å². The van der Waals surface area contributed by atoms with Crippen LogP contribution in [-0.4, -0.2) is 8.07 Å². The predicted molar refractivity (Wildman–Crippen MR) is 172 cm³/mol. The maximum absolute atomic E-state index is 3.91. The van der Waals surface area contributed by atoms with Crippen molar-refractivity contribution in [1.29, 1.82) is 0 Å². The minimum atomic E-state index is -1.98. The van der Waals surface area contributed by atoms with Gasteiger partial charge in [0.2, 0.25) is 0 Å². The summed E-state index contributed by atoms with van der Waals surface area (Å²) in [6.07, 6.45) is 8.43. The van der Waals surface area contributed by atoms with E-state index in [4.69, 9.17) is 0 Å². The van der Waals surface area contributed by atoms with E-state index in [1.54, 1.807) is 22.3 Å². The van der Waals surface area contributed by atoms with Crippen molar-refractivity contribution >= 4 is 32.9 Å². The largest absolute Gasteiger partial charge is 0.147 e. The molecule has 4 aromatic rings. The minimum absolute atomic E-state index is 0. The molecule has 0 atom stereocenters. The zero-order chi connectivity index (χ0) is 24.5. The molecule has 0 heterocycles. The van der Waals surface area contributed by atoms with E-state index in [2.05, 4.69) is 116 Å². The molecule has 200 valence electrons. The normalized spacial score (nSPS) is 13.2. The molecule has 0 aromatic heterocycles. The van der Waals surface area contributed by atoms with E-state index in [0.717, 1.165) is 6.42 Å². The van der Waals surface area contributed by atoms with Crippen LogP contribution in [0.25, 0.3) is 22.3 Å². The van der Waals surface area contributed by atoms with Crippen molar-refractivity contribution in [3.8, 4) is 22.3 Å². The number of unbranched alkanes of at least 4 members (excludes halogenated alkanes) is 4. The van der Waals surface area contributed by atoms with Crippen molar-refractivity contribution in [2.75, 3.05) is 0 Å². The summed E-state index contributed by atoms with van der Waals surface area (Å²) in [6.45, 7) is 6.65. The van der Waals surface area contributed by atoms with Crippen LogP contribution >= 0.6 is 24.8 Å². The van der Waals surface area contributed by atoms with Gasteiger partial charge in [-0.3, -0.25) is 0 Å². The molecular weight excluding hydrogens is 611 g/mol. The number of rotatable bonds is 9. The molecule has 0 saturated heterocycles. The summed E-state index contributed by atoms with van der Waals surface area (Å²) in [4.78, 5) is 0. The van der Waals surface area contributed by atoms with Gasteiger partial charge in [0.25, 0.3) is 0 Å². The van der Waals surface area contributed by atoms with Crippen LogP contribution in [0.15, 0.2) is 110 Å². The molecule has 0 spiro atoms. The fourth-order valence-corrected chi connectivity index (χ4v) is 13.1. The van der Waals surface area contributed by atoms with E-state index >= 15 is 0 Å². The van der Waals surface area contributed by atoms with Gasteiger partial charge in [0, 0.05) is 37.3 Å². The first-order valence-corrected chi connectivity index (χ1v) is 16.6. The van der Waals surface area contributed by atoms with E-state index in [1.165, 1.54) is 54.0 Å². The molecule has 0 N–H and O–H groups in total. The third-order valence-electron chi connectivity index (χ3n) is 8.86. The SMILES string of the molecule is C=CCCCCCC[Si](C)(C1c2ccccc2-c2ccccc21)C1c2ccccc2-c2ccccc21.Cl.Cl.[Zr]. The van der Waals surface area contributed by atoms with Crippen molar-refractivity contribution in [1.82, 2.24) is 0 Å². The molecule has 0 aliphatic heterocycles. The average molecular weight is 649 g/mol.